The molecule has 2 aromatic rings. The molecule has 0 radical (unpaired) electrons. The van der Waals surface area contributed by atoms with Crippen LogP contribution < -0.4 is 11.1 Å². The maximum Gasteiger partial charge on any atom is 0.152 e. The van der Waals surface area contributed by atoms with Crippen LogP contribution in [0.25, 0.3) is 0 Å². The molecule has 1 aromatic heterocycles. The summed E-state index contributed by atoms with van der Waals surface area (Å²) in [6, 6.07) is 9.16. The minimum absolute atomic E-state index is 0.463. The Morgan fingerprint density at radius 1 is 1.47 bits per heavy atom. The Kier molecular flexibility index (Phi) is 2.97. The monoisotopic (exact) mass is 227 g/mol. The van der Waals surface area contributed by atoms with Gasteiger partial charge in [0.2, 0.25) is 0 Å². The molecule has 0 saturated carbocycles. The number of benzene rings is 1. The lowest BCUT2D eigenvalue weighted by atomic mass is 10.2. The highest BCUT2D eigenvalue weighted by molar-refractivity contribution is 5.65. The summed E-state index contributed by atoms with van der Waals surface area (Å²) >= 11 is 0. The molecule has 0 aliphatic rings. The average Bonchev–Trinajstić information content (AvgIpc) is 2.79. The fourth-order valence-electron chi connectivity index (χ4n) is 1.48. The van der Waals surface area contributed by atoms with E-state index in [2.05, 4.69) is 10.4 Å². The first-order valence-corrected chi connectivity index (χ1v) is 5.33. The van der Waals surface area contributed by atoms with Gasteiger partial charge in [-0.25, -0.2) is 0 Å². The first-order valence-electron chi connectivity index (χ1n) is 5.33. The summed E-state index contributed by atoms with van der Waals surface area (Å²) in [6.45, 7) is 2.85. The van der Waals surface area contributed by atoms with Crippen molar-refractivity contribution in [2.45, 2.75) is 13.5 Å². The van der Waals surface area contributed by atoms with Crippen molar-refractivity contribution in [3.8, 4) is 6.07 Å². The largest absolute Gasteiger partial charge is 0.398 e. The smallest absolute Gasteiger partial charge is 0.152 e. The Bertz CT molecular complexity index is 565. The van der Waals surface area contributed by atoms with Gasteiger partial charge < -0.3 is 11.1 Å². The zero-order chi connectivity index (χ0) is 12.3. The quantitative estimate of drug-likeness (QED) is 0.787. The Labute approximate surface area is 99.5 Å². The third-order valence-electron chi connectivity index (χ3n) is 2.41. The molecule has 2 rings (SSSR count). The van der Waals surface area contributed by atoms with Gasteiger partial charge in [-0.2, -0.15) is 10.4 Å². The molecule has 0 fully saturated rings. The second-order valence-corrected chi connectivity index (χ2v) is 3.60. The fraction of sp³-hybridized carbons (Fsp3) is 0.167. The van der Waals surface area contributed by atoms with E-state index in [1.165, 1.54) is 0 Å². The van der Waals surface area contributed by atoms with Crippen LogP contribution in [0.1, 0.15) is 12.5 Å². The molecular formula is C12H13N5. The third kappa shape index (κ3) is 2.37. The lowest BCUT2D eigenvalue weighted by molar-refractivity contribution is 0.662. The van der Waals surface area contributed by atoms with Crippen molar-refractivity contribution in [3.63, 3.8) is 0 Å². The van der Waals surface area contributed by atoms with Crippen LogP contribution in [0.4, 0.5) is 17.2 Å². The summed E-state index contributed by atoms with van der Waals surface area (Å²) < 4.78 is 1.82. The van der Waals surface area contributed by atoms with E-state index in [4.69, 9.17) is 11.0 Å². The van der Waals surface area contributed by atoms with Crippen LogP contribution in [0.15, 0.2) is 30.5 Å². The van der Waals surface area contributed by atoms with E-state index >= 15 is 0 Å². The van der Waals surface area contributed by atoms with Gasteiger partial charge in [-0.05, 0) is 25.1 Å². The van der Waals surface area contributed by atoms with Crippen molar-refractivity contribution < 1.29 is 0 Å². The van der Waals surface area contributed by atoms with E-state index < -0.39 is 0 Å². The molecule has 3 N–H and O–H groups in total. The van der Waals surface area contributed by atoms with Gasteiger partial charge in [0, 0.05) is 30.2 Å². The Balaban J connectivity index is 2.21. The molecule has 1 aromatic carbocycles. The summed E-state index contributed by atoms with van der Waals surface area (Å²) in [7, 11) is 0. The Morgan fingerprint density at radius 2 is 2.29 bits per heavy atom. The molecule has 5 heteroatoms. The molecule has 0 spiro atoms. The van der Waals surface area contributed by atoms with E-state index in [-0.39, 0.29) is 0 Å². The van der Waals surface area contributed by atoms with E-state index in [0.29, 0.717) is 11.3 Å². The number of aryl methyl sites for hydroxylation is 1. The number of nitrogens with zero attached hydrogens (tertiary/aromatic N) is 3. The zero-order valence-corrected chi connectivity index (χ0v) is 9.51. The molecular weight excluding hydrogens is 214 g/mol. The molecule has 0 saturated heterocycles. The first kappa shape index (κ1) is 11.0. The second-order valence-electron chi connectivity index (χ2n) is 3.60. The van der Waals surface area contributed by atoms with Gasteiger partial charge in [-0.1, -0.05) is 0 Å². The molecule has 0 unspecified atom stereocenters. The maximum absolute atomic E-state index is 8.87. The van der Waals surface area contributed by atoms with E-state index in [0.717, 1.165) is 18.1 Å². The number of hydrogen-bond donors (Lipinski definition) is 2. The van der Waals surface area contributed by atoms with Crippen molar-refractivity contribution >= 4 is 17.2 Å². The highest BCUT2D eigenvalue weighted by atomic mass is 15.3. The van der Waals surface area contributed by atoms with E-state index in [9.17, 15) is 0 Å². The minimum Gasteiger partial charge on any atom is -0.398 e. The zero-order valence-electron chi connectivity index (χ0n) is 9.51. The lowest BCUT2D eigenvalue weighted by Crippen LogP contribution is -1.98. The molecule has 0 atom stereocenters. The van der Waals surface area contributed by atoms with Gasteiger partial charge in [0.15, 0.2) is 5.82 Å². The number of hydrogen-bond acceptors (Lipinski definition) is 4. The summed E-state index contributed by atoms with van der Waals surface area (Å²) in [5.74, 6) is 0.750. The highest BCUT2D eigenvalue weighted by Gasteiger charge is 2.02. The topological polar surface area (TPSA) is 79.7 Å². The van der Waals surface area contributed by atoms with Crippen LogP contribution in [0, 0.1) is 11.3 Å². The molecule has 0 bridgehead atoms. The third-order valence-corrected chi connectivity index (χ3v) is 2.41. The normalized spacial score (nSPS) is 9.88. The van der Waals surface area contributed by atoms with Crippen LogP contribution >= 0.6 is 0 Å². The summed E-state index contributed by atoms with van der Waals surface area (Å²) in [6.07, 6.45) is 1.89. The van der Waals surface area contributed by atoms with Gasteiger partial charge in [0.05, 0.1) is 5.56 Å². The molecule has 86 valence electrons. The lowest BCUT2D eigenvalue weighted by Gasteiger charge is -2.04. The second kappa shape index (κ2) is 4.58. The summed E-state index contributed by atoms with van der Waals surface area (Å²) in [4.78, 5) is 0. The van der Waals surface area contributed by atoms with Crippen molar-refractivity contribution in [2.75, 3.05) is 11.1 Å². The van der Waals surface area contributed by atoms with E-state index in [1.54, 1.807) is 12.1 Å². The number of nitrogen functional groups attached to an aromatic ring is 1. The number of anilines is 3. The van der Waals surface area contributed by atoms with Crippen LogP contribution in [0.5, 0.6) is 0 Å². The van der Waals surface area contributed by atoms with Gasteiger partial charge in [0.1, 0.15) is 6.07 Å². The number of nitriles is 1. The highest BCUT2D eigenvalue weighted by Crippen LogP contribution is 2.19. The fourth-order valence-corrected chi connectivity index (χ4v) is 1.48. The van der Waals surface area contributed by atoms with Crippen molar-refractivity contribution in [1.29, 1.82) is 5.26 Å². The van der Waals surface area contributed by atoms with Crippen LogP contribution in [-0.2, 0) is 6.54 Å². The minimum atomic E-state index is 0.463. The first-order chi connectivity index (χ1) is 8.22. The van der Waals surface area contributed by atoms with Crippen molar-refractivity contribution in [1.82, 2.24) is 9.78 Å². The summed E-state index contributed by atoms with van der Waals surface area (Å²) in [5, 5.41) is 16.3. The van der Waals surface area contributed by atoms with Crippen molar-refractivity contribution in [3.05, 3.63) is 36.0 Å². The number of aromatic nitrogens is 2. The number of nitrogens with one attached hydrogen (secondary N) is 1. The predicted molar refractivity (Wildman–Crippen MR) is 66.8 cm³/mol. The van der Waals surface area contributed by atoms with E-state index in [1.807, 2.05) is 36.0 Å². The Morgan fingerprint density at radius 3 is 2.94 bits per heavy atom. The summed E-state index contributed by atoms with van der Waals surface area (Å²) in [5.41, 5.74) is 7.40. The SMILES string of the molecule is CCn1ccc(Nc2ccc(N)c(C#N)c2)n1. The molecule has 17 heavy (non-hydrogen) atoms. The number of nitrogens with two attached hydrogens (primary N) is 1. The average molecular weight is 227 g/mol. The van der Waals surface area contributed by atoms with Gasteiger partial charge >= 0.3 is 0 Å². The standard InChI is InChI=1S/C12H13N5/c1-2-17-6-5-12(16-17)15-10-3-4-11(14)9(7-10)8-13/h3-7H,2,14H2,1H3,(H,15,16). The Hall–Kier alpha value is -2.48. The van der Waals surface area contributed by atoms with Crippen LogP contribution in [0.3, 0.4) is 0 Å². The van der Waals surface area contributed by atoms with Crippen molar-refractivity contribution in [2.24, 2.45) is 0 Å². The number of rotatable bonds is 3. The molecule has 0 aliphatic heterocycles. The van der Waals surface area contributed by atoms with Gasteiger partial charge in [-0.15, -0.1) is 0 Å². The maximum atomic E-state index is 8.87. The molecule has 1 heterocycles. The molecule has 0 aliphatic carbocycles. The van der Waals surface area contributed by atoms with Gasteiger partial charge in [-0.3, -0.25) is 4.68 Å². The molecule has 5 nitrogen and oxygen atoms in total. The predicted octanol–water partition coefficient (Wildman–Crippen LogP) is 2.10. The van der Waals surface area contributed by atoms with Gasteiger partial charge in [0.25, 0.3) is 0 Å². The molecule has 0 amide bonds. The van der Waals surface area contributed by atoms with Crippen LogP contribution in [0.2, 0.25) is 0 Å². The van der Waals surface area contributed by atoms with Crippen LogP contribution in [-0.4, -0.2) is 9.78 Å².